The minimum Gasteiger partial charge on any atom is -0.346 e. The first-order valence-electron chi connectivity index (χ1n) is 7.25. The highest BCUT2D eigenvalue weighted by Crippen LogP contribution is 2.25. The van der Waals surface area contributed by atoms with Crippen molar-refractivity contribution < 1.29 is 9.18 Å². The Bertz CT molecular complexity index is 897. The molecule has 0 unspecified atom stereocenters. The topological polar surface area (TPSA) is 67.8 Å². The first-order valence-corrected chi connectivity index (χ1v) is 8.45. The van der Waals surface area contributed by atoms with Crippen molar-refractivity contribution >= 4 is 40.0 Å². The summed E-state index contributed by atoms with van der Waals surface area (Å²) in [5.74, 6) is -0.683. The zero-order valence-electron chi connectivity index (χ0n) is 12.8. The third-order valence-corrected chi connectivity index (χ3v) is 4.52. The first-order chi connectivity index (χ1) is 12.1. The van der Waals surface area contributed by atoms with Crippen LogP contribution in [0.5, 0.6) is 0 Å². The summed E-state index contributed by atoms with van der Waals surface area (Å²) in [6.07, 6.45) is 5.04. The molecule has 126 valence electrons. The van der Waals surface area contributed by atoms with Crippen molar-refractivity contribution in [3.63, 3.8) is 0 Å². The molecular weight excluding hydrogens is 363 g/mol. The zero-order valence-corrected chi connectivity index (χ0v) is 14.4. The fraction of sp³-hybridized carbons (Fsp3) is 0.0588. The second-order valence-corrected chi connectivity index (χ2v) is 6.38. The number of hydrogen-bond acceptors (Lipinski definition) is 5. The molecule has 0 atom stereocenters. The van der Waals surface area contributed by atoms with Gasteiger partial charge in [-0.3, -0.25) is 9.78 Å². The van der Waals surface area contributed by atoms with Crippen molar-refractivity contribution in [2.24, 2.45) is 0 Å². The lowest BCUT2D eigenvalue weighted by atomic mass is 10.2. The molecule has 0 aliphatic rings. The summed E-state index contributed by atoms with van der Waals surface area (Å²) in [7, 11) is 0. The van der Waals surface area contributed by atoms with E-state index in [0.717, 1.165) is 22.5 Å². The summed E-state index contributed by atoms with van der Waals surface area (Å²) in [6, 6.07) is 9.54. The van der Waals surface area contributed by atoms with E-state index in [0.29, 0.717) is 10.0 Å². The second-order valence-electron chi connectivity index (χ2n) is 5.00. The summed E-state index contributed by atoms with van der Waals surface area (Å²) in [5.41, 5.74) is 1.61. The Balaban J connectivity index is 1.65. The van der Waals surface area contributed by atoms with Crippen LogP contribution >= 0.6 is 22.9 Å². The van der Waals surface area contributed by atoms with Crippen LogP contribution in [0.25, 0.3) is 11.1 Å². The van der Waals surface area contributed by atoms with Crippen molar-refractivity contribution in [1.29, 1.82) is 0 Å². The number of nitrogens with one attached hydrogen (secondary N) is 1. The van der Waals surface area contributed by atoms with Gasteiger partial charge in [-0.2, -0.15) is 0 Å². The van der Waals surface area contributed by atoms with Crippen LogP contribution in [0, 0.1) is 5.82 Å². The molecule has 8 heteroatoms. The van der Waals surface area contributed by atoms with Crippen LogP contribution in [0.3, 0.4) is 0 Å². The zero-order chi connectivity index (χ0) is 17.6. The molecular formula is C17H12ClFN4OS. The minimum atomic E-state index is -0.362. The maximum Gasteiger partial charge on any atom is 0.282 e. The highest BCUT2D eigenvalue weighted by molar-refractivity contribution is 7.15. The van der Waals surface area contributed by atoms with E-state index < -0.39 is 0 Å². The third kappa shape index (κ3) is 4.68. The summed E-state index contributed by atoms with van der Waals surface area (Å²) in [5, 5.41) is 11.5. The molecule has 0 bridgehead atoms. The molecule has 0 spiro atoms. The van der Waals surface area contributed by atoms with E-state index in [1.807, 2.05) is 6.07 Å². The lowest BCUT2D eigenvalue weighted by molar-refractivity contribution is 0.0950. The predicted molar refractivity (Wildman–Crippen MR) is 95.4 cm³/mol. The van der Waals surface area contributed by atoms with Gasteiger partial charge in [-0.25, -0.2) is 4.39 Å². The minimum absolute atomic E-state index is 0.204. The van der Waals surface area contributed by atoms with Crippen LogP contribution in [0.2, 0.25) is 0 Å². The fourth-order valence-electron chi connectivity index (χ4n) is 1.94. The molecule has 0 aliphatic carbocycles. The molecule has 0 saturated heterocycles. The molecule has 5 nitrogen and oxygen atoms in total. The van der Waals surface area contributed by atoms with Crippen LogP contribution in [0.15, 0.2) is 48.8 Å². The number of amides is 1. The molecule has 3 rings (SSSR count). The van der Waals surface area contributed by atoms with E-state index in [9.17, 15) is 9.18 Å². The van der Waals surface area contributed by atoms with Crippen LogP contribution in [-0.2, 0) is 6.54 Å². The molecule has 25 heavy (non-hydrogen) atoms. The van der Waals surface area contributed by atoms with Gasteiger partial charge in [0.25, 0.3) is 5.91 Å². The van der Waals surface area contributed by atoms with Gasteiger partial charge < -0.3 is 5.32 Å². The molecule has 0 fully saturated rings. The molecule has 0 radical (unpaired) electrons. The number of nitrogens with zero attached hydrogens (tertiary/aromatic N) is 3. The third-order valence-electron chi connectivity index (χ3n) is 3.17. The molecule has 0 aliphatic heterocycles. The molecule has 0 saturated carbocycles. The Morgan fingerprint density at radius 1 is 1.20 bits per heavy atom. The van der Waals surface area contributed by atoms with Gasteiger partial charge in [-0.1, -0.05) is 41.1 Å². The Morgan fingerprint density at radius 3 is 2.68 bits per heavy atom. The molecule has 1 amide bonds. The van der Waals surface area contributed by atoms with Gasteiger partial charge in [0.05, 0.1) is 5.03 Å². The molecule has 2 heterocycles. The Hall–Kier alpha value is -2.64. The SMILES string of the molecule is O=C(NCc1ccc(F)cc1)c1nnc(/C(Cl)=C/c2cccnc2)s1. The Labute approximate surface area is 152 Å². The predicted octanol–water partition coefficient (Wildman–Crippen LogP) is 3.74. The summed E-state index contributed by atoms with van der Waals surface area (Å²) >= 11 is 7.31. The molecule has 2 aromatic heterocycles. The van der Waals surface area contributed by atoms with Crippen molar-refractivity contribution in [3.8, 4) is 0 Å². The average Bonchev–Trinajstić information content (AvgIpc) is 3.12. The summed E-state index contributed by atoms with van der Waals surface area (Å²) < 4.78 is 12.9. The molecule has 1 aromatic carbocycles. The van der Waals surface area contributed by atoms with Crippen molar-refractivity contribution in [1.82, 2.24) is 20.5 Å². The highest BCUT2D eigenvalue weighted by Gasteiger charge is 2.14. The van der Waals surface area contributed by atoms with Crippen LogP contribution in [0.1, 0.15) is 25.9 Å². The van der Waals surface area contributed by atoms with E-state index in [2.05, 4.69) is 20.5 Å². The largest absolute Gasteiger partial charge is 0.346 e. The average molecular weight is 375 g/mol. The van der Waals surface area contributed by atoms with Crippen LogP contribution < -0.4 is 5.32 Å². The van der Waals surface area contributed by atoms with E-state index >= 15 is 0 Å². The van der Waals surface area contributed by atoms with Crippen LogP contribution in [-0.4, -0.2) is 21.1 Å². The van der Waals surface area contributed by atoms with Gasteiger partial charge in [-0.05, 0) is 35.4 Å². The lowest BCUT2D eigenvalue weighted by Gasteiger charge is -2.02. The first kappa shape index (κ1) is 17.2. The second kappa shape index (κ2) is 7.96. The number of carbonyl (C=O) groups excluding carboxylic acids is 1. The quantitative estimate of drug-likeness (QED) is 0.738. The number of hydrogen-bond donors (Lipinski definition) is 1. The van der Waals surface area contributed by atoms with Gasteiger partial charge in [0.1, 0.15) is 5.82 Å². The standard InChI is InChI=1S/C17H12ClFN4OS/c18-14(8-12-2-1-7-20-9-12)16-22-23-17(25-16)15(24)21-10-11-3-5-13(19)6-4-11/h1-9H,10H2,(H,21,24)/b14-8-. The van der Waals surface area contributed by atoms with Crippen molar-refractivity contribution in [3.05, 3.63) is 75.8 Å². The summed E-state index contributed by atoms with van der Waals surface area (Å²) in [4.78, 5) is 16.1. The van der Waals surface area contributed by atoms with Crippen LogP contribution in [0.4, 0.5) is 4.39 Å². The lowest BCUT2D eigenvalue weighted by Crippen LogP contribution is -2.22. The van der Waals surface area contributed by atoms with Gasteiger partial charge in [0.15, 0.2) is 5.01 Å². The smallest absolute Gasteiger partial charge is 0.282 e. The highest BCUT2D eigenvalue weighted by atomic mass is 35.5. The van der Waals surface area contributed by atoms with Crippen molar-refractivity contribution in [2.75, 3.05) is 0 Å². The maximum atomic E-state index is 12.9. The number of aromatic nitrogens is 3. The normalized spacial score (nSPS) is 11.4. The maximum absolute atomic E-state index is 12.9. The van der Waals surface area contributed by atoms with E-state index in [4.69, 9.17) is 11.6 Å². The fourth-order valence-corrected chi connectivity index (χ4v) is 2.89. The van der Waals surface area contributed by atoms with E-state index in [1.54, 1.807) is 36.7 Å². The van der Waals surface area contributed by atoms with E-state index in [1.165, 1.54) is 12.1 Å². The van der Waals surface area contributed by atoms with Gasteiger partial charge in [0, 0.05) is 18.9 Å². The van der Waals surface area contributed by atoms with E-state index in [-0.39, 0.29) is 23.3 Å². The number of carbonyl (C=O) groups is 1. The van der Waals surface area contributed by atoms with Gasteiger partial charge in [-0.15, -0.1) is 10.2 Å². The number of pyridine rings is 1. The Kier molecular flexibility index (Phi) is 5.47. The summed E-state index contributed by atoms with van der Waals surface area (Å²) in [6.45, 7) is 0.271. The number of rotatable bonds is 5. The number of halogens is 2. The molecule has 3 aromatic rings. The number of benzene rings is 1. The monoisotopic (exact) mass is 374 g/mol. The van der Waals surface area contributed by atoms with Gasteiger partial charge >= 0.3 is 0 Å². The van der Waals surface area contributed by atoms with Gasteiger partial charge in [0.2, 0.25) is 5.01 Å². The van der Waals surface area contributed by atoms with Crippen molar-refractivity contribution in [2.45, 2.75) is 6.54 Å². The Morgan fingerprint density at radius 2 is 1.96 bits per heavy atom. The molecule has 1 N–H and O–H groups in total.